The Kier molecular flexibility index (Phi) is 9.15. The van der Waals surface area contributed by atoms with Crippen molar-refractivity contribution in [1.29, 1.82) is 0 Å². The van der Waals surface area contributed by atoms with E-state index in [1.807, 2.05) is 0 Å². The molecule has 9 nitrogen and oxygen atoms in total. The molecule has 1 aliphatic heterocycles. The number of nitrogens with one attached hydrogen (secondary N) is 1. The third kappa shape index (κ3) is 7.57. The standard InChI is InChI=1S/C15H29N3O6S/c1-4-24-15(20)17-9-6-13(7-10-17)18(25(3,21)22)12-14(19)16-8-5-11-23-2/h13H,4-12H2,1-3H3,(H,16,19). The van der Waals surface area contributed by atoms with Crippen molar-refractivity contribution in [3.63, 3.8) is 0 Å². The minimum absolute atomic E-state index is 0.212. The zero-order valence-electron chi connectivity index (χ0n) is 15.2. The van der Waals surface area contributed by atoms with E-state index in [0.717, 1.165) is 6.26 Å². The Bertz CT molecular complexity index is 531. The molecule has 0 saturated carbocycles. The summed E-state index contributed by atoms with van der Waals surface area (Å²) in [5.74, 6) is -0.339. The first-order valence-electron chi connectivity index (χ1n) is 8.43. The van der Waals surface area contributed by atoms with Crippen molar-refractivity contribution in [1.82, 2.24) is 14.5 Å². The molecule has 2 amide bonds. The highest BCUT2D eigenvalue weighted by molar-refractivity contribution is 7.88. The van der Waals surface area contributed by atoms with Crippen LogP contribution < -0.4 is 5.32 Å². The van der Waals surface area contributed by atoms with Gasteiger partial charge in [0.1, 0.15) is 0 Å². The van der Waals surface area contributed by atoms with Crippen LogP contribution in [0, 0.1) is 0 Å². The molecular weight excluding hydrogens is 350 g/mol. The number of methoxy groups -OCH3 is 1. The van der Waals surface area contributed by atoms with Crippen LogP contribution in [0.2, 0.25) is 0 Å². The molecule has 1 rings (SSSR count). The second-order valence-electron chi connectivity index (χ2n) is 5.92. The molecule has 0 aromatic rings. The minimum Gasteiger partial charge on any atom is -0.450 e. The largest absolute Gasteiger partial charge is 0.450 e. The van der Waals surface area contributed by atoms with Crippen LogP contribution in [-0.2, 0) is 24.3 Å². The van der Waals surface area contributed by atoms with E-state index in [9.17, 15) is 18.0 Å². The van der Waals surface area contributed by atoms with E-state index in [4.69, 9.17) is 9.47 Å². The quantitative estimate of drug-likeness (QED) is 0.566. The molecule has 0 aromatic carbocycles. The van der Waals surface area contributed by atoms with Crippen LogP contribution in [0.25, 0.3) is 0 Å². The van der Waals surface area contributed by atoms with Gasteiger partial charge in [-0.1, -0.05) is 0 Å². The number of sulfonamides is 1. The maximum atomic E-state index is 12.1. The molecule has 0 spiro atoms. The molecule has 0 bridgehead atoms. The normalized spacial score (nSPS) is 16.1. The number of ether oxygens (including phenoxy) is 2. The summed E-state index contributed by atoms with van der Waals surface area (Å²) in [7, 11) is -1.95. The third-order valence-corrected chi connectivity index (χ3v) is 5.25. The first-order valence-corrected chi connectivity index (χ1v) is 10.3. The number of nitrogens with zero attached hydrogens (tertiary/aromatic N) is 2. The zero-order valence-corrected chi connectivity index (χ0v) is 16.0. The molecule has 1 saturated heterocycles. The summed E-state index contributed by atoms with van der Waals surface area (Å²) in [6.07, 6.45) is 2.33. The Labute approximate surface area is 149 Å². The van der Waals surface area contributed by atoms with Crippen molar-refractivity contribution in [3.8, 4) is 0 Å². The molecule has 0 atom stereocenters. The number of likely N-dealkylation sites (tertiary alicyclic amines) is 1. The van der Waals surface area contributed by atoms with Crippen molar-refractivity contribution in [2.45, 2.75) is 32.2 Å². The Balaban J connectivity index is 2.57. The summed E-state index contributed by atoms with van der Waals surface area (Å²) in [6, 6.07) is -0.301. The van der Waals surface area contributed by atoms with Crippen LogP contribution >= 0.6 is 0 Å². The number of hydrogen-bond acceptors (Lipinski definition) is 6. The average molecular weight is 379 g/mol. The molecule has 0 aliphatic carbocycles. The summed E-state index contributed by atoms with van der Waals surface area (Å²) in [5, 5.41) is 2.69. The zero-order chi connectivity index (χ0) is 18.9. The monoisotopic (exact) mass is 379 g/mol. The number of hydrogen-bond donors (Lipinski definition) is 1. The second-order valence-corrected chi connectivity index (χ2v) is 7.86. The molecule has 1 heterocycles. The fourth-order valence-electron chi connectivity index (χ4n) is 2.71. The summed E-state index contributed by atoms with van der Waals surface area (Å²) < 4.78 is 35.2. The molecule has 146 valence electrons. The van der Waals surface area contributed by atoms with Gasteiger partial charge < -0.3 is 19.7 Å². The van der Waals surface area contributed by atoms with Crippen molar-refractivity contribution >= 4 is 22.0 Å². The lowest BCUT2D eigenvalue weighted by Gasteiger charge is -2.36. The van der Waals surface area contributed by atoms with Gasteiger partial charge in [-0.3, -0.25) is 4.79 Å². The van der Waals surface area contributed by atoms with Crippen LogP contribution in [-0.4, -0.2) is 88.4 Å². The van der Waals surface area contributed by atoms with Gasteiger partial charge in [0.05, 0.1) is 19.4 Å². The summed E-state index contributed by atoms with van der Waals surface area (Å²) in [4.78, 5) is 25.3. The van der Waals surface area contributed by atoms with Crippen molar-refractivity contribution in [3.05, 3.63) is 0 Å². The van der Waals surface area contributed by atoms with Crippen LogP contribution in [0.15, 0.2) is 0 Å². The summed E-state index contributed by atoms with van der Waals surface area (Å²) in [6.45, 7) is 3.61. The molecular formula is C15H29N3O6S. The predicted molar refractivity (Wildman–Crippen MR) is 92.7 cm³/mol. The lowest BCUT2D eigenvalue weighted by atomic mass is 10.1. The molecule has 1 fully saturated rings. The van der Waals surface area contributed by atoms with Gasteiger partial charge in [0, 0.05) is 39.4 Å². The van der Waals surface area contributed by atoms with Crippen LogP contribution in [0.5, 0.6) is 0 Å². The second kappa shape index (κ2) is 10.6. The van der Waals surface area contributed by atoms with Gasteiger partial charge in [-0.25, -0.2) is 13.2 Å². The summed E-state index contributed by atoms with van der Waals surface area (Å²) in [5.41, 5.74) is 0. The van der Waals surface area contributed by atoms with E-state index < -0.39 is 10.0 Å². The Morgan fingerprint density at radius 3 is 2.44 bits per heavy atom. The fraction of sp³-hybridized carbons (Fsp3) is 0.867. The smallest absolute Gasteiger partial charge is 0.409 e. The highest BCUT2D eigenvalue weighted by Crippen LogP contribution is 2.19. The van der Waals surface area contributed by atoms with E-state index in [2.05, 4.69) is 5.32 Å². The van der Waals surface area contributed by atoms with Crippen molar-refractivity contribution in [2.24, 2.45) is 0 Å². The van der Waals surface area contributed by atoms with Crippen LogP contribution in [0.1, 0.15) is 26.2 Å². The Morgan fingerprint density at radius 1 is 1.28 bits per heavy atom. The molecule has 0 unspecified atom stereocenters. The van der Waals surface area contributed by atoms with Gasteiger partial charge in [-0.15, -0.1) is 0 Å². The molecule has 0 aromatic heterocycles. The van der Waals surface area contributed by atoms with Gasteiger partial charge >= 0.3 is 6.09 Å². The number of carbonyl (C=O) groups is 2. The van der Waals surface area contributed by atoms with Gasteiger partial charge in [0.15, 0.2) is 0 Å². The minimum atomic E-state index is -3.53. The van der Waals surface area contributed by atoms with Gasteiger partial charge in [0.25, 0.3) is 0 Å². The number of rotatable bonds is 9. The van der Waals surface area contributed by atoms with Crippen molar-refractivity contribution < 1.29 is 27.5 Å². The van der Waals surface area contributed by atoms with Crippen LogP contribution in [0.3, 0.4) is 0 Å². The van der Waals surface area contributed by atoms with Gasteiger partial charge in [-0.05, 0) is 26.2 Å². The average Bonchev–Trinajstić information content (AvgIpc) is 2.56. The fourth-order valence-corrected chi connectivity index (χ4v) is 3.81. The number of piperidine rings is 1. The molecule has 25 heavy (non-hydrogen) atoms. The van der Waals surface area contributed by atoms with Crippen LogP contribution in [0.4, 0.5) is 4.79 Å². The van der Waals surface area contributed by atoms with Crippen molar-refractivity contribution in [2.75, 3.05) is 52.8 Å². The summed E-state index contributed by atoms with van der Waals surface area (Å²) >= 11 is 0. The lowest BCUT2D eigenvalue weighted by Crippen LogP contribution is -2.51. The SMILES string of the molecule is CCOC(=O)N1CCC(N(CC(=O)NCCCOC)S(C)(=O)=O)CC1. The maximum absolute atomic E-state index is 12.1. The number of amides is 2. The Hall–Kier alpha value is -1.39. The Morgan fingerprint density at radius 2 is 1.92 bits per heavy atom. The third-order valence-electron chi connectivity index (χ3n) is 3.97. The first-order chi connectivity index (χ1) is 11.8. The van der Waals surface area contributed by atoms with Gasteiger partial charge in [-0.2, -0.15) is 4.31 Å². The first kappa shape index (κ1) is 21.7. The predicted octanol–water partition coefficient (Wildman–Crippen LogP) is 0.0216. The van der Waals surface area contributed by atoms with E-state index in [1.165, 1.54) is 4.31 Å². The van der Waals surface area contributed by atoms with E-state index in [1.54, 1.807) is 18.9 Å². The topological polar surface area (TPSA) is 105 Å². The van der Waals surface area contributed by atoms with E-state index >= 15 is 0 Å². The van der Waals surface area contributed by atoms with E-state index in [-0.39, 0.29) is 24.6 Å². The maximum Gasteiger partial charge on any atom is 0.409 e. The highest BCUT2D eigenvalue weighted by Gasteiger charge is 2.33. The molecule has 1 N–H and O–H groups in total. The van der Waals surface area contributed by atoms with Gasteiger partial charge in [0.2, 0.25) is 15.9 Å². The number of carbonyl (C=O) groups excluding carboxylic acids is 2. The molecule has 0 radical (unpaired) electrons. The lowest BCUT2D eigenvalue weighted by molar-refractivity contribution is -0.121. The van der Waals surface area contributed by atoms with E-state index in [0.29, 0.717) is 52.1 Å². The highest BCUT2D eigenvalue weighted by atomic mass is 32.2. The molecule has 10 heteroatoms. The molecule has 1 aliphatic rings.